The van der Waals surface area contributed by atoms with Gasteiger partial charge in [-0.2, -0.15) is 0 Å². The normalized spacial score (nSPS) is 10.5. The second kappa shape index (κ2) is 12.4. The summed E-state index contributed by atoms with van der Waals surface area (Å²) in [4.78, 5) is 34.4. The smallest absolute Gasteiger partial charge is 0.343 e. The fourth-order valence-electron chi connectivity index (χ4n) is 2.61. The van der Waals surface area contributed by atoms with Crippen LogP contribution in [0.2, 0.25) is 0 Å². The predicted octanol–water partition coefficient (Wildman–Crippen LogP) is 4.74. The Bertz CT molecular complexity index is 855. The molecule has 2 aromatic carbocycles. The van der Waals surface area contributed by atoms with E-state index in [2.05, 4.69) is 0 Å². The Balaban J connectivity index is 1.65. The van der Waals surface area contributed by atoms with Crippen LogP contribution in [0.4, 0.5) is 0 Å². The molecule has 166 valence electrons. The van der Waals surface area contributed by atoms with Crippen molar-refractivity contribution in [1.82, 2.24) is 0 Å². The van der Waals surface area contributed by atoms with E-state index in [0.29, 0.717) is 24.5 Å². The van der Waals surface area contributed by atoms with Gasteiger partial charge in [0.1, 0.15) is 11.5 Å². The van der Waals surface area contributed by atoms with Crippen molar-refractivity contribution in [2.45, 2.75) is 39.5 Å². The number of hydrogen-bond acceptors (Lipinski definition) is 6. The Kier molecular flexibility index (Phi) is 9.55. The lowest BCUT2D eigenvalue weighted by Crippen LogP contribution is -2.12. The number of carbonyl (C=O) groups is 3. The molecule has 0 saturated heterocycles. The number of unbranched alkanes of at least 4 members (excludes halogenated alkanes) is 3. The Morgan fingerprint density at radius 3 is 1.90 bits per heavy atom. The molecule has 7 heteroatoms. The van der Waals surface area contributed by atoms with Crippen LogP contribution in [0.1, 0.15) is 60.2 Å². The molecule has 0 aromatic heterocycles. The largest absolute Gasteiger partial charge is 0.494 e. The van der Waals surface area contributed by atoms with Crippen LogP contribution >= 0.6 is 0 Å². The van der Waals surface area contributed by atoms with Gasteiger partial charge in [0, 0.05) is 0 Å². The SMILES string of the molecule is CC(C)C(=O)OCCCCCCOc1ccc(C(=O)Oc2ccc(C(=O)O)cc2)cc1. The van der Waals surface area contributed by atoms with E-state index >= 15 is 0 Å². The minimum absolute atomic E-state index is 0.0907. The first-order valence-electron chi connectivity index (χ1n) is 10.3. The quantitative estimate of drug-likeness (QED) is 0.296. The number of carboxylic acids is 1. The zero-order chi connectivity index (χ0) is 22.6. The molecular formula is C24H28O7. The summed E-state index contributed by atoms with van der Waals surface area (Å²) < 4.78 is 16.1. The molecule has 0 radical (unpaired) electrons. The highest BCUT2D eigenvalue weighted by atomic mass is 16.5. The maximum atomic E-state index is 12.2. The van der Waals surface area contributed by atoms with Gasteiger partial charge in [0.2, 0.25) is 0 Å². The summed E-state index contributed by atoms with van der Waals surface area (Å²) in [6, 6.07) is 12.3. The molecule has 2 rings (SSSR count). The number of ether oxygens (including phenoxy) is 3. The van der Waals surface area contributed by atoms with Crippen LogP contribution in [0, 0.1) is 5.92 Å². The van der Waals surface area contributed by atoms with Crippen molar-refractivity contribution in [2.24, 2.45) is 5.92 Å². The number of hydrogen-bond donors (Lipinski definition) is 1. The van der Waals surface area contributed by atoms with Gasteiger partial charge >= 0.3 is 17.9 Å². The highest BCUT2D eigenvalue weighted by Gasteiger charge is 2.10. The molecular weight excluding hydrogens is 400 g/mol. The summed E-state index contributed by atoms with van der Waals surface area (Å²) in [5.41, 5.74) is 0.487. The van der Waals surface area contributed by atoms with Gasteiger partial charge in [0.15, 0.2) is 0 Å². The van der Waals surface area contributed by atoms with E-state index in [1.807, 2.05) is 13.8 Å². The maximum absolute atomic E-state index is 12.2. The summed E-state index contributed by atoms with van der Waals surface area (Å²) in [5, 5.41) is 8.89. The number of rotatable bonds is 12. The van der Waals surface area contributed by atoms with Crippen LogP contribution in [0.3, 0.4) is 0 Å². The third-order valence-electron chi connectivity index (χ3n) is 4.42. The van der Waals surface area contributed by atoms with E-state index in [0.717, 1.165) is 25.7 Å². The van der Waals surface area contributed by atoms with Crippen LogP contribution in [-0.4, -0.2) is 36.2 Å². The molecule has 0 aliphatic carbocycles. The molecule has 0 fully saturated rings. The molecule has 31 heavy (non-hydrogen) atoms. The summed E-state index contributed by atoms with van der Waals surface area (Å²) in [7, 11) is 0. The molecule has 7 nitrogen and oxygen atoms in total. The Labute approximate surface area is 181 Å². The van der Waals surface area contributed by atoms with Crippen molar-refractivity contribution in [3.8, 4) is 11.5 Å². The summed E-state index contributed by atoms with van der Waals surface area (Å²) >= 11 is 0. The first-order valence-corrected chi connectivity index (χ1v) is 10.3. The number of benzene rings is 2. The van der Waals surface area contributed by atoms with Crippen LogP contribution in [0.15, 0.2) is 48.5 Å². The van der Waals surface area contributed by atoms with Crippen LogP contribution in [0.25, 0.3) is 0 Å². The average molecular weight is 428 g/mol. The van der Waals surface area contributed by atoms with Gasteiger partial charge in [-0.1, -0.05) is 13.8 Å². The van der Waals surface area contributed by atoms with E-state index in [1.165, 1.54) is 24.3 Å². The molecule has 0 spiro atoms. The Morgan fingerprint density at radius 1 is 0.774 bits per heavy atom. The minimum Gasteiger partial charge on any atom is -0.494 e. The van der Waals surface area contributed by atoms with E-state index in [1.54, 1.807) is 24.3 Å². The van der Waals surface area contributed by atoms with Crippen molar-refractivity contribution in [3.63, 3.8) is 0 Å². The topological polar surface area (TPSA) is 99.1 Å². The summed E-state index contributed by atoms with van der Waals surface area (Å²) in [5.74, 6) is -0.894. The molecule has 0 heterocycles. The fraction of sp³-hybridized carbons (Fsp3) is 0.375. The van der Waals surface area contributed by atoms with Crippen LogP contribution in [-0.2, 0) is 9.53 Å². The monoisotopic (exact) mass is 428 g/mol. The highest BCUT2D eigenvalue weighted by molar-refractivity contribution is 5.91. The third-order valence-corrected chi connectivity index (χ3v) is 4.42. The second-order valence-corrected chi connectivity index (χ2v) is 7.33. The predicted molar refractivity (Wildman–Crippen MR) is 115 cm³/mol. The molecule has 0 unspecified atom stereocenters. The average Bonchev–Trinajstić information content (AvgIpc) is 2.76. The molecule has 0 aliphatic rings. The van der Waals surface area contributed by atoms with E-state index in [4.69, 9.17) is 19.3 Å². The fourth-order valence-corrected chi connectivity index (χ4v) is 2.61. The summed E-state index contributed by atoms with van der Waals surface area (Å²) in [6.45, 7) is 4.65. The second-order valence-electron chi connectivity index (χ2n) is 7.33. The Hall–Kier alpha value is -3.35. The molecule has 0 amide bonds. The van der Waals surface area contributed by atoms with Gasteiger partial charge in [0.05, 0.1) is 30.3 Å². The zero-order valence-electron chi connectivity index (χ0n) is 17.8. The van der Waals surface area contributed by atoms with Gasteiger partial charge in [-0.3, -0.25) is 4.79 Å². The molecule has 1 N–H and O–H groups in total. The third kappa shape index (κ3) is 8.50. The lowest BCUT2D eigenvalue weighted by molar-refractivity contribution is -0.147. The van der Waals surface area contributed by atoms with Crippen LogP contribution in [0.5, 0.6) is 11.5 Å². The maximum Gasteiger partial charge on any atom is 0.343 e. The first kappa shape index (κ1) is 23.9. The lowest BCUT2D eigenvalue weighted by Gasteiger charge is -2.08. The highest BCUT2D eigenvalue weighted by Crippen LogP contribution is 2.17. The molecule has 2 aromatic rings. The zero-order valence-corrected chi connectivity index (χ0v) is 17.8. The molecule has 0 bridgehead atoms. The van der Waals surface area contributed by atoms with Crippen molar-refractivity contribution in [2.75, 3.05) is 13.2 Å². The van der Waals surface area contributed by atoms with Crippen molar-refractivity contribution >= 4 is 17.9 Å². The van der Waals surface area contributed by atoms with Gasteiger partial charge in [-0.05, 0) is 74.2 Å². The van der Waals surface area contributed by atoms with E-state index < -0.39 is 11.9 Å². The van der Waals surface area contributed by atoms with Crippen molar-refractivity contribution in [1.29, 1.82) is 0 Å². The van der Waals surface area contributed by atoms with E-state index in [9.17, 15) is 14.4 Å². The Morgan fingerprint density at radius 2 is 1.32 bits per heavy atom. The van der Waals surface area contributed by atoms with E-state index in [-0.39, 0.29) is 23.2 Å². The molecule has 0 atom stereocenters. The number of esters is 2. The lowest BCUT2D eigenvalue weighted by atomic mass is 10.2. The number of carboxylic acid groups (broad SMARTS) is 1. The first-order chi connectivity index (χ1) is 14.9. The van der Waals surface area contributed by atoms with Gasteiger partial charge in [-0.15, -0.1) is 0 Å². The standard InChI is InChI=1S/C24H28O7/c1-17(2)23(27)30-16-6-4-3-5-15-29-20-11-9-19(10-12-20)24(28)31-21-13-7-18(8-14-21)22(25)26/h7-14,17H,3-6,15-16H2,1-2H3,(H,25,26). The minimum atomic E-state index is -1.04. The number of aromatic carboxylic acids is 1. The summed E-state index contributed by atoms with van der Waals surface area (Å²) in [6.07, 6.45) is 3.67. The van der Waals surface area contributed by atoms with Crippen molar-refractivity contribution in [3.05, 3.63) is 59.7 Å². The molecule has 0 saturated carbocycles. The van der Waals surface area contributed by atoms with Crippen LogP contribution < -0.4 is 9.47 Å². The molecule has 0 aliphatic heterocycles. The van der Waals surface area contributed by atoms with Crippen molar-refractivity contribution < 1.29 is 33.7 Å². The number of carbonyl (C=O) groups excluding carboxylic acids is 2. The van der Waals surface area contributed by atoms with Gasteiger partial charge < -0.3 is 19.3 Å². The van der Waals surface area contributed by atoms with Gasteiger partial charge in [0.25, 0.3) is 0 Å². The van der Waals surface area contributed by atoms with Gasteiger partial charge in [-0.25, -0.2) is 9.59 Å².